The Labute approximate surface area is 181 Å². The second-order valence-electron chi connectivity index (χ2n) is 7.31. The molecule has 0 aliphatic carbocycles. The van der Waals surface area contributed by atoms with Crippen LogP contribution in [-0.2, 0) is 0 Å². The lowest BCUT2D eigenvalue weighted by Crippen LogP contribution is -2.22. The van der Waals surface area contributed by atoms with Gasteiger partial charge in [-0.3, -0.25) is 4.79 Å². The molecule has 5 nitrogen and oxygen atoms in total. The molecule has 0 aliphatic rings. The quantitative estimate of drug-likeness (QED) is 0.359. The average Bonchev–Trinajstić information content (AvgIpc) is 3.02. The highest BCUT2D eigenvalue weighted by atomic mass is 32.1. The summed E-state index contributed by atoms with van der Waals surface area (Å²) in [6.07, 6.45) is 0. The van der Waals surface area contributed by atoms with E-state index < -0.39 is 5.82 Å². The lowest BCUT2D eigenvalue weighted by Gasteiger charge is -2.15. The molecule has 0 aliphatic heterocycles. The number of hydrogen-bond acceptors (Lipinski definition) is 5. The van der Waals surface area contributed by atoms with Gasteiger partial charge in [0.05, 0.1) is 22.3 Å². The number of pyridine rings is 1. The van der Waals surface area contributed by atoms with Crippen LogP contribution in [0.3, 0.4) is 0 Å². The Balaban J connectivity index is 1.90. The Kier molecular flexibility index (Phi) is 4.55. The van der Waals surface area contributed by atoms with Gasteiger partial charge >= 0.3 is 6.01 Å². The number of rotatable bonds is 3. The van der Waals surface area contributed by atoms with Crippen LogP contribution in [0.4, 0.5) is 4.39 Å². The maximum absolute atomic E-state index is 13.8. The lowest BCUT2D eigenvalue weighted by molar-refractivity contribution is 0.424. The molecule has 0 saturated heterocycles. The van der Waals surface area contributed by atoms with Crippen molar-refractivity contribution in [2.45, 2.75) is 20.8 Å². The highest BCUT2D eigenvalue weighted by Gasteiger charge is 2.21. The van der Waals surface area contributed by atoms with Crippen LogP contribution in [0.25, 0.3) is 26.8 Å². The fourth-order valence-electron chi connectivity index (χ4n) is 3.69. The topological polar surface area (TPSA) is 57.0 Å². The molecule has 0 bridgehead atoms. The van der Waals surface area contributed by atoms with E-state index in [1.165, 1.54) is 16.7 Å². The Hall–Kier alpha value is -3.58. The number of aryl methyl sites for hydroxylation is 3. The zero-order chi connectivity index (χ0) is 21.7. The van der Waals surface area contributed by atoms with Crippen LogP contribution in [0.1, 0.15) is 16.1 Å². The molecular formula is C24H18FN3O2S. The smallest absolute Gasteiger partial charge is 0.310 e. The van der Waals surface area contributed by atoms with Crippen molar-refractivity contribution in [3.63, 3.8) is 0 Å². The predicted octanol–water partition coefficient (Wildman–Crippen LogP) is 5.85. The van der Waals surface area contributed by atoms with E-state index in [-0.39, 0.29) is 17.3 Å². The van der Waals surface area contributed by atoms with Crippen LogP contribution in [0, 0.1) is 26.6 Å². The van der Waals surface area contributed by atoms with Crippen LogP contribution in [0.2, 0.25) is 0 Å². The van der Waals surface area contributed by atoms with E-state index in [1.807, 2.05) is 39.0 Å². The summed E-state index contributed by atoms with van der Waals surface area (Å²) in [4.78, 5) is 25.1. The highest BCUT2D eigenvalue weighted by molar-refractivity contribution is 7.18. The van der Waals surface area contributed by atoms with Gasteiger partial charge in [0.2, 0.25) is 0 Å². The van der Waals surface area contributed by atoms with Gasteiger partial charge in [-0.2, -0.15) is 4.98 Å². The molecule has 0 fully saturated rings. The third-order valence-electron chi connectivity index (χ3n) is 5.31. The number of ether oxygens (including phenoxy) is 1. The number of aromatic nitrogens is 3. The fourth-order valence-corrected chi connectivity index (χ4v) is 4.77. The van der Waals surface area contributed by atoms with Crippen LogP contribution in [0.15, 0.2) is 59.4 Å². The predicted molar refractivity (Wildman–Crippen MR) is 121 cm³/mol. The zero-order valence-corrected chi connectivity index (χ0v) is 18.0. The molecule has 0 amide bonds. The van der Waals surface area contributed by atoms with E-state index in [2.05, 4.69) is 4.98 Å². The molecule has 0 N–H and O–H groups in total. The molecule has 3 heterocycles. The number of benzene rings is 2. The van der Waals surface area contributed by atoms with Gasteiger partial charge in [0, 0.05) is 16.3 Å². The zero-order valence-electron chi connectivity index (χ0n) is 17.1. The summed E-state index contributed by atoms with van der Waals surface area (Å²) >= 11 is 1.58. The maximum atomic E-state index is 13.8. The van der Waals surface area contributed by atoms with E-state index in [0.717, 1.165) is 20.7 Å². The number of hydrogen-bond donors (Lipinski definition) is 0. The molecule has 0 unspecified atom stereocenters. The number of halogens is 1. The molecular weight excluding hydrogens is 413 g/mol. The molecule has 5 aromatic rings. The maximum Gasteiger partial charge on any atom is 0.310 e. The van der Waals surface area contributed by atoms with Crippen molar-refractivity contribution in [2.75, 3.05) is 0 Å². The van der Waals surface area contributed by atoms with Crippen molar-refractivity contribution in [1.29, 1.82) is 0 Å². The SMILES string of the molecule is Cc1sc2nc(C)c3c(=O)n(-c4ccccc4)c(Oc4cccc(F)c4)nc3c2c1C. The fraction of sp³-hybridized carbons (Fsp3) is 0.125. The number of thiophene rings is 1. The standard InChI is InChI=1S/C24H18FN3O2S/c1-13-15(3)31-22-19(13)21-20(14(2)26-22)23(29)28(17-9-5-4-6-10-17)24(27-21)30-18-11-7-8-16(25)12-18/h4-12H,1-3H3. The van der Waals surface area contributed by atoms with Crippen LogP contribution < -0.4 is 10.3 Å². The second-order valence-corrected chi connectivity index (χ2v) is 8.52. The molecule has 31 heavy (non-hydrogen) atoms. The number of fused-ring (bicyclic) bond motifs is 3. The van der Waals surface area contributed by atoms with Gasteiger partial charge in [0.15, 0.2) is 0 Å². The van der Waals surface area contributed by atoms with E-state index in [9.17, 15) is 9.18 Å². The molecule has 7 heteroatoms. The first-order valence-electron chi connectivity index (χ1n) is 9.76. The summed E-state index contributed by atoms with van der Waals surface area (Å²) in [5, 5.41) is 1.30. The molecule has 0 atom stereocenters. The molecule has 154 valence electrons. The summed E-state index contributed by atoms with van der Waals surface area (Å²) in [7, 11) is 0. The monoisotopic (exact) mass is 431 g/mol. The third-order valence-corrected chi connectivity index (χ3v) is 6.41. The number of para-hydroxylation sites is 1. The van der Waals surface area contributed by atoms with Crippen LogP contribution >= 0.6 is 11.3 Å². The minimum atomic E-state index is -0.432. The Morgan fingerprint density at radius 3 is 2.48 bits per heavy atom. The molecule has 0 spiro atoms. The lowest BCUT2D eigenvalue weighted by atomic mass is 10.1. The summed E-state index contributed by atoms with van der Waals surface area (Å²) in [6.45, 7) is 5.85. The third kappa shape index (κ3) is 3.18. The van der Waals surface area contributed by atoms with Gasteiger partial charge in [0.25, 0.3) is 5.56 Å². The van der Waals surface area contributed by atoms with Gasteiger partial charge < -0.3 is 4.74 Å². The minimum Gasteiger partial charge on any atom is -0.425 e. The van der Waals surface area contributed by atoms with Gasteiger partial charge in [-0.25, -0.2) is 13.9 Å². The summed E-state index contributed by atoms with van der Waals surface area (Å²) in [5.41, 5.74) is 2.53. The first-order chi connectivity index (χ1) is 14.9. The molecule has 0 radical (unpaired) electrons. The molecule has 0 saturated carbocycles. The van der Waals surface area contributed by atoms with Crippen molar-refractivity contribution >= 4 is 32.5 Å². The average molecular weight is 431 g/mol. The molecule has 5 rings (SSSR count). The first-order valence-corrected chi connectivity index (χ1v) is 10.6. The van der Waals surface area contributed by atoms with Crippen molar-refractivity contribution in [3.8, 4) is 17.4 Å². The first kappa shape index (κ1) is 19.4. The molecule has 2 aromatic carbocycles. The largest absolute Gasteiger partial charge is 0.425 e. The van der Waals surface area contributed by atoms with Gasteiger partial charge in [-0.05, 0) is 50.6 Å². The highest BCUT2D eigenvalue weighted by Crippen LogP contribution is 2.35. The second kappa shape index (κ2) is 7.28. The summed E-state index contributed by atoms with van der Waals surface area (Å²) in [6, 6.07) is 15.0. The van der Waals surface area contributed by atoms with Crippen molar-refractivity contribution in [1.82, 2.24) is 14.5 Å². The van der Waals surface area contributed by atoms with E-state index >= 15 is 0 Å². The van der Waals surface area contributed by atoms with Gasteiger partial charge in [-0.1, -0.05) is 24.3 Å². The van der Waals surface area contributed by atoms with Crippen molar-refractivity contribution in [3.05, 3.63) is 86.9 Å². The van der Waals surface area contributed by atoms with E-state index in [0.29, 0.717) is 22.3 Å². The Morgan fingerprint density at radius 2 is 1.74 bits per heavy atom. The Morgan fingerprint density at radius 1 is 0.968 bits per heavy atom. The number of nitrogens with zero attached hydrogens (tertiary/aromatic N) is 3. The van der Waals surface area contributed by atoms with Gasteiger partial charge in [0.1, 0.15) is 16.4 Å². The Bertz CT molecular complexity index is 1520. The summed E-state index contributed by atoms with van der Waals surface area (Å²) in [5.74, 6) is -0.171. The van der Waals surface area contributed by atoms with E-state index in [1.54, 1.807) is 35.6 Å². The van der Waals surface area contributed by atoms with Crippen LogP contribution in [-0.4, -0.2) is 14.5 Å². The van der Waals surface area contributed by atoms with Gasteiger partial charge in [-0.15, -0.1) is 11.3 Å². The normalized spacial score (nSPS) is 11.4. The minimum absolute atomic E-state index is 0.0736. The van der Waals surface area contributed by atoms with Crippen molar-refractivity contribution in [2.24, 2.45) is 0 Å². The van der Waals surface area contributed by atoms with E-state index in [4.69, 9.17) is 9.72 Å². The van der Waals surface area contributed by atoms with Crippen molar-refractivity contribution < 1.29 is 9.13 Å². The summed E-state index contributed by atoms with van der Waals surface area (Å²) < 4.78 is 21.1. The molecule has 3 aromatic heterocycles. The van der Waals surface area contributed by atoms with Crippen LogP contribution in [0.5, 0.6) is 11.8 Å².